The number of aliphatic carboxylic acids is 1. The van der Waals surface area contributed by atoms with Crippen molar-refractivity contribution in [3.05, 3.63) is 0 Å². The number of methoxy groups -OCH3 is 1. The molecule has 2 atom stereocenters. The van der Waals surface area contributed by atoms with Crippen LogP contribution in [0.25, 0.3) is 0 Å². The summed E-state index contributed by atoms with van der Waals surface area (Å²) in [5.41, 5.74) is 0. The van der Waals surface area contributed by atoms with Gasteiger partial charge in [0.2, 0.25) is 11.8 Å². The second-order valence-electron chi connectivity index (χ2n) is 5.75. The zero-order valence-corrected chi connectivity index (χ0v) is 13.3. The lowest BCUT2D eigenvalue weighted by Crippen LogP contribution is -2.54. The van der Waals surface area contributed by atoms with Gasteiger partial charge in [-0.2, -0.15) is 0 Å². The largest absolute Gasteiger partial charge is 0.480 e. The van der Waals surface area contributed by atoms with E-state index in [0.29, 0.717) is 6.42 Å². The van der Waals surface area contributed by atoms with Gasteiger partial charge in [0.05, 0.1) is 0 Å². The van der Waals surface area contributed by atoms with Gasteiger partial charge in [0.15, 0.2) is 0 Å². The lowest BCUT2D eigenvalue weighted by molar-refractivity contribution is -0.143. The monoisotopic (exact) mass is 302 g/mol. The third-order valence-corrected chi connectivity index (χ3v) is 2.86. The standard InChI is InChI=1S/C14H26N2O5/c1-8(2)6-10(14(19)20)15-13(18)12(9(3)4)16-11(17)7-21-5/h8-10,12H,6-7H2,1-5H3,(H,15,18)(H,16,17)(H,19,20)/t10-,12+/m1/s1. The second-order valence-corrected chi connectivity index (χ2v) is 5.75. The fourth-order valence-electron chi connectivity index (χ4n) is 1.84. The van der Waals surface area contributed by atoms with Crippen LogP contribution in [-0.2, 0) is 19.1 Å². The Kier molecular flexibility index (Phi) is 8.61. The average Bonchev–Trinajstić information content (AvgIpc) is 2.34. The van der Waals surface area contributed by atoms with Gasteiger partial charge in [-0.05, 0) is 18.3 Å². The van der Waals surface area contributed by atoms with Crippen molar-refractivity contribution >= 4 is 17.8 Å². The van der Waals surface area contributed by atoms with Crippen molar-refractivity contribution < 1.29 is 24.2 Å². The molecule has 0 bridgehead atoms. The van der Waals surface area contributed by atoms with Crippen molar-refractivity contribution in [3.8, 4) is 0 Å². The number of hydrogen-bond donors (Lipinski definition) is 3. The summed E-state index contributed by atoms with van der Waals surface area (Å²) in [7, 11) is 1.38. The van der Waals surface area contributed by atoms with Gasteiger partial charge in [-0.1, -0.05) is 27.7 Å². The summed E-state index contributed by atoms with van der Waals surface area (Å²) in [4.78, 5) is 34.9. The molecule has 2 amide bonds. The minimum absolute atomic E-state index is 0.131. The number of rotatable bonds is 9. The van der Waals surface area contributed by atoms with E-state index in [1.54, 1.807) is 13.8 Å². The lowest BCUT2D eigenvalue weighted by Gasteiger charge is -2.24. The highest BCUT2D eigenvalue weighted by atomic mass is 16.5. The Labute approximate surface area is 125 Å². The van der Waals surface area contributed by atoms with Crippen LogP contribution in [0.15, 0.2) is 0 Å². The fraction of sp³-hybridized carbons (Fsp3) is 0.786. The smallest absolute Gasteiger partial charge is 0.326 e. The lowest BCUT2D eigenvalue weighted by atomic mass is 10.0. The van der Waals surface area contributed by atoms with Crippen LogP contribution in [0.3, 0.4) is 0 Å². The van der Waals surface area contributed by atoms with Crippen LogP contribution < -0.4 is 10.6 Å². The van der Waals surface area contributed by atoms with Crippen molar-refractivity contribution in [2.45, 2.75) is 46.2 Å². The minimum Gasteiger partial charge on any atom is -0.480 e. The van der Waals surface area contributed by atoms with Gasteiger partial charge < -0.3 is 20.5 Å². The van der Waals surface area contributed by atoms with E-state index < -0.39 is 29.9 Å². The third kappa shape index (κ3) is 7.65. The molecule has 7 heteroatoms. The summed E-state index contributed by atoms with van der Waals surface area (Å²) in [5.74, 6) is -2.03. The Morgan fingerprint density at radius 3 is 2.05 bits per heavy atom. The molecule has 21 heavy (non-hydrogen) atoms. The van der Waals surface area contributed by atoms with E-state index in [1.807, 2.05) is 13.8 Å². The fourth-order valence-corrected chi connectivity index (χ4v) is 1.84. The van der Waals surface area contributed by atoms with Gasteiger partial charge >= 0.3 is 5.97 Å². The molecule has 0 radical (unpaired) electrons. The van der Waals surface area contributed by atoms with Crippen LogP contribution in [0.2, 0.25) is 0 Å². The van der Waals surface area contributed by atoms with Gasteiger partial charge in [-0.3, -0.25) is 9.59 Å². The normalized spacial score (nSPS) is 13.9. The second kappa shape index (κ2) is 9.33. The molecule has 0 aromatic carbocycles. The number of ether oxygens (including phenoxy) is 1. The first-order valence-electron chi connectivity index (χ1n) is 7.00. The SMILES string of the molecule is COCC(=O)N[C@H](C(=O)N[C@H](CC(C)C)C(=O)O)C(C)C. The summed E-state index contributed by atoms with van der Waals surface area (Å²) in [6.07, 6.45) is 0.331. The molecular formula is C14H26N2O5. The number of nitrogens with one attached hydrogen (secondary N) is 2. The van der Waals surface area contributed by atoms with Gasteiger partial charge in [-0.15, -0.1) is 0 Å². The maximum Gasteiger partial charge on any atom is 0.326 e. The van der Waals surface area contributed by atoms with Gasteiger partial charge in [-0.25, -0.2) is 4.79 Å². The highest BCUT2D eigenvalue weighted by Crippen LogP contribution is 2.07. The summed E-state index contributed by atoms with van der Waals surface area (Å²) < 4.78 is 4.70. The van der Waals surface area contributed by atoms with E-state index in [9.17, 15) is 14.4 Å². The molecule has 0 saturated heterocycles. The number of carbonyl (C=O) groups is 3. The zero-order chi connectivity index (χ0) is 16.6. The Balaban J connectivity index is 4.79. The number of carboxylic acids is 1. The highest BCUT2D eigenvalue weighted by molar-refractivity contribution is 5.90. The van der Waals surface area contributed by atoms with E-state index in [-0.39, 0.29) is 18.4 Å². The summed E-state index contributed by atoms with van der Waals surface area (Å²) in [6.45, 7) is 7.15. The quantitative estimate of drug-likeness (QED) is 0.571. The number of carboxylic acid groups (broad SMARTS) is 1. The Bertz CT molecular complexity index is 368. The van der Waals surface area contributed by atoms with E-state index >= 15 is 0 Å². The van der Waals surface area contributed by atoms with Crippen molar-refractivity contribution in [1.82, 2.24) is 10.6 Å². The number of carbonyl (C=O) groups excluding carboxylic acids is 2. The maximum atomic E-state index is 12.2. The Hall–Kier alpha value is -1.63. The first kappa shape index (κ1) is 19.4. The third-order valence-electron chi connectivity index (χ3n) is 2.86. The maximum absolute atomic E-state index is 12.2. The van der Waals surface area contributed by atoms with Crippen molar-refractivity contribution in [2.24, 2.45) is 11.8 Å². The molecule has 0 aromatic heterocycles. The van der Waals surface area contributed by atoms with E-state index in [2.05, 4.69) is 10.6 Å². The average molecular weight is 302 g/mol. The molecule has 0 heterocycles. The molecule has 0 aromatic rings. The van der Waals surface area contributed by atoms with Crippen LogP contribution in [0, 0.1) is 11.8 Å². The zero-order valence-electron chi connectivity index (χ0n) is 13.3. The topological polar surface area (TPSA) is 105 Å². The molecule has 0 saturated carbocycles. The van der Waals surface area contributed by atoms with Crippen LogP contribution in [0.4, 0.5) is 0 Å². The summed E-state index contributed by atoms with van der Waals surface area (Å²) in [6, 6.07) is -1.75. The molecule has 0 spiro atoms. The van der Waals surface area contributed by atoms with Gasteiger partial charge in [0.1, 0.15) is 18.7 Å². The Morgan fingerprint density at radius 1 is 1.10 bits per heavy atom. The van der Waals surface area contributed by atoms with E-state index in [1.165, 1.54) is 7.11 Å². The minimum atomic E-state index is -1.08. The molecule has 0 aliphatic heterocycles. The van der Waals surface area contributed by atoms with Crippen LogP contribution in [0.5, 0.6) is 0 Å². The first-order valence-corrected chi connectivity index (χ1v) is 7.00. The van der Waals surface area contributed by atoms with Crippen LogP contribution in [-0.4, -0.2) is 48.7 Å². The van der Waals surface area contributed by atoms with Crippen molar-refractivity contribution in [2.75, 3.05) is 13.7 Å². The molecule has 0 fully saturated rings. The first-order chi connectivity index (χ1) is 9.68. The van der Waals surface area contributed by atoms with E-state index in [4.69, 9.17) is 9.84 Å². The summed E-state index contributed by atoms with van der Waals surface area (Å²) in [5, 5.41) is 14.2. The molecule has 7 nitrogen and oxygen atoms in total. The molecular weight excluding hydrogens is 276 g/mol. The molecule has 0 aliphatic rings. The van der Waals surface area contributed by atoms with Crippen molar-refractivity contribution in [1.29, 1.82) is 0 Å². The molecule has 122 valence electrons. The van der Waals surface area contributed by atoms with Gasteiger partial charge in [0, 0.05) is 7.11 Å². The molecule has 0 unspecified atom stereocenters. The van der Waals surface area contributed by atoms with Crippen LogP contribution >= 0.6 is 0 Å². The predicted molar refractivity (Wildman–Crippen MR) is 77.7 cm³/mol. The molecule has 3 N–H and O–H groups in total. The Morgan fingerprint density at radius 2 is 1.67 bits per heavy atom. The van der Waals surface area contributed by atoms with Crippen LogP contribution in [0.1, 0.15) is 34.1 Å². The number of hydrogen-bond acceptors (Lipinski definition) is 4. The molecule has 0 rings (SSSR count). The van der Waals surface area contributed by atoms with E-state index in [0.717, 1.165) is 0 Å². The summed E-state index contributed by atoms with van der Waals surface area (Å²) >= 11 is 0. The molecule has 0 aliphatic carbocycles. The highest BCUT2D eigenvalue weighted by Gasteiger charge is 2.28. The predicted octanol–water partition coefficient (Wildman–Crippen LogP) is 0.389. The van der Waals surface area contributed by atoms with Gasteiger partial charge in [0.25, 0.3) is 0 Å². The number of amides is 2. The van der Waals surface area contributed by atoms with Crippen molar-refractivity contribution in [3.63, 3.8) is 0 Å².